The van der Waals surface area contributed by atoms with Gasteiger partial charge in [0, 0.05) is 36.5 Å². The summed E-state index contributed by atoms with van der Waals surface area (Å²) in [7, 11) is 0. The van der Waals surface area contributed by atoms with Gasteiger partial charge in [-0.3, -0.25) is 19.3 Å². The number of pyridine rings is 1. The van der Waals surface area contributed by atoms with Crippen LogP contribution in [-0.2, 0) is 6.54 Å². The fourth-order valence-electron chi connectivity index (χ4n) is 5.28. The van der Waals surface area contributed by atoms with Crippen LogP contribution in [0.5, 0.6) is 5.75 Å². The number of carbonyl (C=O) groups excluding carboxylic acids is 2. The highest BCUT2D eigenvalue weighted by atomic mass is 19.1. The molecule has 1 saturated heterocycles. The van der Waals surface area contributed by atoms with E-state index in [0.717, 1.165) is 18.9 Å². The lowest BCUT2D eigenvalue weighted by Gasteiger charge is -2.52. The number of primary amides is 1. The molecular formula is C23H24F2N4O4. The molecule has 8 nitrogen and oxygen atoms in total. The van der Waals surface area contributed by atoms with Crippen molar-refractivity contribution in [3.63, 3.8) is 0 Å². The molecule has 3 aliphatic rings. The molecule has 1 saturated carbocycles. The second-order valence-electron chi connectivity index (χ2n) is 9.10. The third kappa shape index (κ3) is 3.40. The largest absolute Gasteiger partial charge is 0.503 e. The van der Waals surface area contributed by atoms with Gasteiger partial charge in [0.25, 0.3) is 11.8 Å². The third-order valence-electron chi connectivity index (χ3n) is 7.01. The number of nitrogens with zero attached hydrogens (tertiary/aromatic N) is 3. The average Bonchev–Trinajstić information content (AvgIpc) is 3.58. The summed E-state index contributed by atoms with van der Waals surface area (Å²) in [6.45, 7) is 2.62. The normalized spacial score (nSPS) is 23.7. The summed E-state index contributed by atoms with van der Waals surface area (Å²) in [6.07, 6.45) is 3.09. The molecule has 33 heavy (non-hydrogen) atoms. The van der Waals surface area contributed by atoms with Crippen LogP contribution in [0.3, 0.4) is 0 Å². The SMILES string of the molecule is C[C@H]1CCN(C(c2ccc(F)cc2F)C2CC2)[C@@H]2Cn3cc(C(N)=O)c(=O)c(O)c3C(=O)N12. The van der Waals surface area contributed by atoms with Crippen LogP contribution in [0, 0.1) is 17.6 Å². The molecule has 5 rings (SSSR count). The number of amides is 2. The molecule has 1 unspecified atom stereocenters. The molecule has 2 fully saturated rings. The van der Waals surface area contributed by atoms with Crippen LogP contribution < -0.4 is 11.2 Å². The average molecular weight is 458 g/mol. The van der Waals surface area contributed by atoms with E-state index in [1.807, 2.05) is 11.8 Å². The molecule has 3 heterocycles. The highest BCUT2D eigenvalue weighted by Gasteiger charge is 2.48. The molecule has 2 aliphatic heterocycles. The van der Waals surface area contributed by atoms with E-state index >= 15 is 0 Å². The number of benzene rings is 1. The minimum Gasteiger partial charge on any atom is -0.503 e. The first-order valence-corrected chi connectivity index (χ1v) is 11.0. The lowest BCUT2D eigenvalue weighted by atomic mass is 9.94. The highest BCUT2D eigenvalue weighted by molar-refractivity contribution is 5.98. The maximum absolute atomic E-state index is 14.8. The van der Waals surface area contributed by atoms with E-state index in [0.29, 0.717) is 18.5 Å². The first-order valence-electron chi connectivity index (χ1n) is 11.0. The Labute approximate surface area is 188 Å². The Hall–Kier alpha value is -3.27. The number of halogens is 2. The van der Waals surface area contributed by atoms with E-state index in [9.17, 15) is 28.3 Å². The van der Waals surface area contributed by atoms with E-state index in [1.165, 1.54) is 22.9 Å². The quantitative estimate of drug-likeness (QED) is 0.728. The Morgan fingerprint density at radius 1 is 1.21 bits per heavy atom. The van der Waals surface area contributed by atoms with Crippen molar-refractivity contribution in [2.75, 3.05) is 6.54 Å². The molecule has 3 N–H and O–H groups in total. The van der Waals surface area contributed by atoms with Gasteiger partial charge in [-0.1, -0.05) is 6.07 Å². The Bertz CT molecular complexity index is 1230. The van der Waals surface area contributed by atoms with E-state index in [4.69, 9.17) is 5.73 Å². The van der Waals surface area contributed by atoms with E-state index in [1.54, 1.807) is 4.90 Å². The molecule has 0 spiro atoms. The molecule has 1 aliphatic carbocycles. The summed E-state index contributed by atoms with van der Waals surface area (Å²) in [5, 5.41) is 10.4. The maximum Gasteiger partial charge on any atom is 0.276 e. The second kappa shape index (κ2) is 7.65. The third-order valence-corrected chi connectivity index (χ3v) is 7.01. The number of nitrogens with two attached hydrogens (primary N) is 1. The van der Waals surface area contributed by atoms with Crippen molar-refractivity contribution in [2.45, 2.75) is 51.0 Å². The van der Waals surface area contributed by atoms with Crippen LogP contribution in [0.2, 0.25) is 0 Å². The van der Waals surface area contributed by atoms with Gasteiger partial charge in [-0.15, -0.1) is 0 Å². The van der Waals surface area contributed by atoms with Crippen molar-refractivity contribution in [1.82, 2.24) is 14.4 Å². The van der Waals surface area contributed by atoms with Gasteiger partial charge in [0.05, 0.1) is 6.54 Å². The monoisotopic (exact) mass is 458 g/mol. The molecular weight excluding hydrogens is 434 g/mol. The molecule has 1 aromatic carbocycles. The first-order chi connectivity index (χ1) is 15.7. The standard InChI is InChI=1S/C23H24F2N4O4/c1-11-6-7-28(18(12-2-3-12)14-5-4-13(24)8-16(14)25)17-10-27-9-15(22(26)32)20(30)21(31)19(27)23(33)29(11)17/h4-5,8-9,11-12,17-18,31H,2-3,6-7,10H2,1H3,(H2,26,32)/t11-,17-,18?/m0/s1. The molecule has 1 aromatic heterocycles. The fourth-order valence-corrected chi connectivity index (χ4v) is 5.28. The van der Waals surface area contributed by atoms with Crippen molar-refractivity contribution in [3.8, 4) is 5.75 Å². The first kappa shape index (κ1) is 21.6. The molecule has 174 valence electrons. The summed E-state index contributed by atoms with van der Waals surface area (Å²) in [5.74, 6) is -3.46. The Kier molecular flexibility index (Phi) is 5.00. The van der Waals surface area contributed by atoms with Gasteiger partial charge in [-0.25, -0.2) is 8.78 Å². The van der Waals surface area contributed by atoms with Crippen LogP contribution in [0.25, 0.3) is 0 Å². The van der Waals surface area contributed by atoms with Crippen molar-refractivity contribution in [3.05, 3.63) is 63.1 Å². The summed E-state index contributed by atoms with van der Waals surface area (Å²) in [4.78, 5) is 41.2. The van der Waals surface area contributed by atoms with Crippen molar-refractivity contribution in [1.29, 1.82) is 0 Å². The predicted octanol–water partition coefficient (Wildman–Crippen LogP) is 1.96. The smallest absolute Gasteiger partial charge is 0.276 e. The molecule has 0 radical (unpaired) electrons. The maximum atomic E-state index is 14.8. The van der Waals surface area contributed by atoms with Gasteiger partial charge in [0.1, 0.15) is 23.4 Å². The zero-order valence-electron chi connectivity index (χ0n) is 18.0. The Morgan fingerprint density at radius 3 is 2.58 bits per heavy atom. The number of aromatic hydroxyl groups is 1. The molecule has 0 bridgehead atoms. The van der Waals surface area contributed by atoms with Crippen LogP contribution in [0.1, 0.15) is 58.6 Å². The topological polar surface area (TPSA) is 109 Å². The number of hydrogen-bond acceptors (Lipinski definition) is 5. The van der Waals surface area contributed by atoms with Crippen molar-refractivity contribution >= 4 is 11.8 Å². The molecule has 10 heteroatoms. The zero-order chi connectivity index (χ0) is 23.6. The summed E-state index contributed by atoms with van der Waals surface area (Å²) in [6, 6.07) is 3.03. The molecule has 3 atom stereocenters. The minimum atomic E-state index is -1.00. The summed E-state index contributed by atoms with van der Waals surface area (Å²) in [5.41, 5.74) is 4.10. The lowest BCUT2D eigenvalue weighted by molar-refractivity contribution is -0.0574. The number of carbonyl (C=O) groups is 2. The lowest BCUT2D eigenvalue weighted by Crippen LogP contribution is -2.64. The van der Waals surface area contributed by atoms with Gasteiger partial charge in [-0.05, 0) is 38.2 Å². The van der Waals surface area contributed by atoms with Crippen LogP contribution in [0.15, 0.2) is 29.2 Å². The number of aromatic nitrogens is 1. The second-order valence-corrected chi connectivity index (χ2v) is 9.10. The van der Waals surface area contributed by atoms with E-state index in [-0.39, 0.29) is 30.2 Å². The van der Waals surface area contributed by atoms with Crippen LogP contribution >= 0.6 is 0 Å². The van der Waals surface area contributed by atoms with Gasteiger partial charge < -0.3 is 20.3 Å². The molecule has 2 aromatic rings. The van der Waals surface area contributed by atoms with Crippen LogP contribution in [-0.4, -0.2) is 50.0 Å². The highest BCUT2D eigenvalue weighted by Crippen LogP contribution is 2.48. The van der Waals surface area contributed by atoms with Gasteiger partial charge >= 0.3 is 0 Å². The summed E-state index contributed by atoms with van der Waals surface area (Å²) >= 11 is 0. The number of rotatable bonds is 4. The number of fused-ring (bicyclic) bond motifs is 2. The van der Waals surface area contributed by atoms with E-state index in [2.05, 4.69) is 0 Å². The zero-order valence-corrected chi connectivity index (χ0v) is 18.0. The Morgan fingerprint density at radius 2 is 1.94 bits per heavy atom. The summed E-state index contributed by atoms with van der Waals surface area (Å²) < 4.78 is 29.8. The van der Waals surface area contributed by atoms with Crippen molar-refractivity contribution < 1.29 is 23.5 Å². The molecule has 2 amide bonds. The van der Waals surface area contributed by atoms with Crippen molar-refractivity contribution in [2.24, 2.45) is 11.7 Å². The van der Waals surface area contributed by atoms with Gasteiger partial charge in [-0.2, -0.15) is 0 Å². The van der Waals surface area contributed by atoms with Crippen LogP contribution in [0.4, 0.5) is 8.78 Å². The fraction of sp³-hybridized carbons (Fsp3) is 0.435. The van der Waals surface area contributed by atoms with E-state index < -0.39 is 46.4 Å². The Balaban J connectivity index is 1.61. The van der Waals surface area contributed by atoms with Gasteiger partial charge in [0.15, 0.2) is 11.4 Å². The predicted molar refractivity (Wildman–Crippen MR) is 113 cm³/mol. The van der Waals surface area contributed by atoms with Gasteiger partial charge in [0.2, 0.25) is 5.43 Å². The number of hydrogen-bond donors (Lipinski definition) is 2. The minimum absolute atomic E-state index is 0.158.